The number of piperazine rings is 1. The summed E-state index contributed by atoms with van der Waals surface area (Å²) in [5, 5.41) is 9.04. The van der Waals surface area contributed by atoms with Crippen molar-refractivity contribution in [1.29, 1.82) is 5.26 Å². The topological polar surface area (TPSA) is 65.2 Å². The van der Waals surface area contributed by atoms with Crippen molar-refractivity contribution in [3.8, 4) is 11.8 Å². The Morgan fingerprint density at radius 2 is 1.78 bits per heavy atom. The normalized spacial score (nSPS) is 14.0. The number of hydrogen-bond acceptors (Lipinski definition) is 4. The van der Waals surface area contributed by atoms with Gasteiger partial charge in [0, 0.05) is 56.0 Å². The molecule has 27 heavy (non-hydrogen) atoms. The van der Waals surface area contributed by atoms with Gasteiger partial charge >= 0.3 is 0 Å². The van der Waals surface area contributed by atoms with E-state index < -0.39 is 0 Å². The van der Waals surface area contributed by atoms with Crippen LogP contribution in [0.15, 0.2) is 67.1 Å². The van der Waals surface area contributed by atoms with Crippen LogP contribution in [-0.2, 0) is 0 Å². The Hall–Kier alpha value is -3.59. The molecule has 1 aliphatic heterocycles. The van der Waals surface area contributed by atoms with Crippen LogP contribution in [0.2, 0.25) is 0 Å². The highest BCUT2D eigenvalue weighted by molar-refractivity contribution is 5.95. The van der Waals surface area contributed by atoms with E-state index in [0.29, 0.717) is 37.3 Å². The van der Waals surface area contributed by atoms with Gasteiger partial charge in [0.25, 0.3) is 5.91 Å². The molecule has 1 amide bonds. The number of nitrogens with zero attached hydrogens (tertiary/aromatic N) is 5. The molecule has 0 unspecified atom stereocenters. The predicted molar refractivity (Wildman–Crippen MR) is 103 cm³/mol. The number of carbonyl (C=O) groups is 1. The van der Waals surface area contributed by atoms with E-state index in [1.54, 1.807) is 18.3 Å². The Morgan fingerprint density at radius 1 is 1.00 bits per heavy atom. The van der Waals surface area contributed by atoms with Gasteiger partial charge in [0.1, 0.15) is 5.82 Å². The van der Waals surface area contributed by atoms with Gasteiger partial charge in [-0.2, -0.15) is 5.26 Å². The lowest BCUT2D eigenvalue weighted by molar-refractivity contribution is 0.0746. The van der Waals surface area contributed by atoms with Crippen LogP contribution in [0.3, 0.4) is 0 Å². The first-order chi connectivity index (χ1) is 13.2. The Morgan fingerprint density at radius 3 is 2.52 bits per heavy atom. The van der Waals surface area contributed by atoms with E-state index in [2.05, 4.69) is 16.0 Å². The van der Waals surface area contributed by atoms with E-state index in [0.717, 1.165) is 11.5 Å². The smallest absolute Gasteiger partial charge is 0.254 e. The second kappa shape index (κ2) is 7.34. The number of amides is 1. The molecular formula is C21H19N5O. The maximum absolute atomic E-state index is 12.9. The largest absolute Gasteiger partial charge is 0.353 e. The van der Waals surface area contributed by atoms with Crippen LogP contribution in [0.1, 0.15) is 15.9 Å². The summed E-state index contributed by atoms with van der Waals surface area (Å²) >= 11 is 0. The molecular weight excluding hydrogens is 338 g/mol. The zero-order valence-corrected chi connectivity index (χ0v) is 14.8. The quantitative estimate of drug-likeness (QED) is 0.723. The fourth-order valence-corrected chi connectivity index (χ4v) is 3.29. The molecule has 6 nitrogen and oxygen atoms in total. The molecule has 0 N–H and O–H groups in total. The molecule has 1 aromatic carbocycles. The van der Waals surface area contributed by atoms with Gasteiger partial charge in [0.05, 0.1) is 11.6 Å². The molecule has 3 aromatic rings. The van der Waals surface area contributed by atoms with Crippen molar-refractivity contribution in [3.63, 3.8) is 0 Å². The summed E-state index contributed by atoms with van der Waals surface area (Å²) in [6, 6.07) is 17.2. The average Bonchev–Trinajstić information content (AvgIpc) is 3.28. The average molecular weight is 357 g/mol. The third-order valence-electron chi connectivity index (χ3n) is 4.76. The summed E-state index contributed by atoms with van der Waals surface area (Å²) in [5.74, 6) is 0.832. The number of pyridine rings is 1. The van der Waals surface area contributed by atoms with Crippen LogP contribution in [0.4, 0.5) is 5.82 Å². The zero-order chi connectivity index (χ0) is 18.6. The molecule has 0 bridgehead atoms. The standard InChI is InChI=1S/C21H19N5O/c22-16-17-6-7-23-20(14-17)25-10-12-26(13-11-25)21(27)18-4-3-5-19(15-18)24-8-1-2-9-24/h1-9,14-15H,10-13H2. The molecule has 0 atom stereocenters. The fourth-order valence-electron chi connectivity index (χ4n) is 3.29. The number of nitriles is 1. The minimum absolute atomic E-state index is 0.0439. The van der Waals surface area contributed by atoms with Gasteiger partial charge in [-0.3, -0.25) is 4.79 Å². The molecule has 0 radical (unpaired) electrons. The Balaban J connectivity index is 1.44. The molecule has 6 heteroatoms. The summed E-state index contributed by atoms with van der Waals surface area (Å²) in [7, 11) is 0. The molecule has 0 saturated carbocycles. The molecule has 1 fully saturated rings. The number of carbonyl (C=O) groups excluding carboxylic acids is 1. The minimum atomic E-state index is 0.0439. The first kappa shape index (κ1) is 16.9. The summed E-state index contributed by atoms with van der Waals surface area (Å²) in [4.78, 5) is 21.2. The van der Waals surface area contributed by atoms with Crippen molar-refractivity contribution in [2.45, 2.75) is 0 Å². The second-order valence-corrected chi connectivity index (χ2v) is 6.43. The summed E-state index contributed by atoms with van der Waals surface area (Å²) in [6.07, 6.45) is 5.58. The minimum Gasteiger partial charge on any atom is -0.353 e. The van der Waals surface area contributed by atoms with Crippen molar-refractivity contribution >= 4 is 11.7 Å². The van der Waals surface area contributed by atoms with E-state index in [9.17, 15) is 4.79 Å². The first-order valence-corrected chi connectivity index (χ1v) is 8.88. The lowest BCUT2D eigenvalue weighted by atomic mass is 10.1. The van der Waals surface area contributed by atoms with Gasteiger partial charge < -0.3 is 14.4 Å². The molecule has 0 spiro atoms. The van der Waals surface area contributed by atoms with E-state index in [1.165, 1.54) is 0 Å². The highest BCUT2D eigenvalue weighted by Gasteiger charge is 2.23. The SMILES string of the molecule is N#Cc1ccnc(N2CCN(C(=O)c3cccc(-n4cccc4)c3)CC2)c1. The van der Waals surface area contributed by atoms with Gasteiger partial charge in [0.15, 0.2) is 0 Å². The number of anilines is 1. The Kier molecular flexibility index (Phi) is 4.58. The van der Waals surface area contributed by atoms with Crippen molar-refractivity contribution in [3.05, 3.63) is 78.2 Å². The summed E-state index contributed by atoms with van der Waals surface area (Å²) < 4.78 is 1.99. The molecule has 4 rings (SSSR count). The second-order valence-electron chi connectivity index (χ2n) is 6.43. The highest BCUT2D eigenvalue weighted by Crippen LogP contribution is 2.17. The number of benzene rings is 1. The van der Waals surface area contributed by atoms with Gasteiger partial charge in [-0.1, -0.05) is 6.07 Å². The molecule has 3 heterocycles. The van der Waals surface area contributed by atoms with E-state index in [-0.39, 0.29) is 5.91 Å². The van der Waals surface area contributed by atoms with Gasteiger partial charge in [-0.15, -0.1) is 0 Å². The lowest BCUT2D eigenvalue weighted by Crippen LogP contribution is -2.49. The number of hydrogen-bond donors (Lipinski definition) is 0. The molecule has 0 aliphatic carbocycles. The monoisotopic (exact) mass is 357 g/mol. The fraction of sp³-hybridized carbons (Fsp3) is 0.190. The summed E-state index contributed by atoms with van der Waals surface area (Å²) in [5.41, 5.74) is 2.27. The van der Waals surface area contributed by atoms with Crippen LogP contribution in [0.25, 0.3) is 5.69 Å². The third kappa shape index (κ3) is 3.53. The lowest BCUT2D eigenvalue weighted by Gasteiger charge is -2.35. The molecule has 1 aliphatic rings. The predicted octanol–water partition coefficient (Wildman–Crippen LogP) is 2.71. The summed E-state index contributed by atoms with van der Waals surface area (Å²) in [6.45, 7) is 2.66. The zero-order valence-electron chi connectivity index (χ0n) is 14.8. The van der Waals surface area contributed by atoms with E-state index in [1.807, 2.05) is 58.3 Å². The van der Waals surface area contributed by atoms with Crippen molar-refractivity contribution in [2.75, 3.05) is 31.1 Å². The maximum atomic E-state index is 12.9. The van der Waals surface area contributed by atoms with Crippen LogP contribution in [0, 0.1) is 11.3 Å². The highest BCUT2D eigenvalue weighted by atomic mass is 16.2. The maximum Gasteiger partial charge on any atom is 0.254 e. The van der Waals surface area contributed by atoms with Crippen LogP contribution >= 0.6 is 0 Å². The van der Waals surface area contributed by atoms with E-state index in [4.69, 9.17) is 5.26 Å². The van der Waals surface area contributed by atoms with Gasteiger partial charge in [-0.25, -0.2) is 4.98 Å². The molecule has 1 saturated heterocycles. The number of aromatic nitrogens is 2. The van der Waals surface area contributed by atoms with Gasteiger partial charge in [-0.05, 0) is 42.5 Å². The van der Waals surface area contributed by atoms with Crippen LogP contribution in [0.5, 0.6) is 0 Å². The van der Waals surface area contributed by atoms with Gasteiger partial charge in [0.2, 0.25) is 0 Å². The van der Waals surface area contributed by atoms with Crippen molar-refractivity contribution in [1.82, 2.24) is 14.5 Å². The third-order valence-corrected chi connectivity index (χ3v) is 4.76. The Bertz CT molecular complexity index is 982. The number of rotatable bonds is 3. The van der Waals surface area contributed by atoms with Crippen molar-refractivity contribution < 1.29 is 4.79 Å². The van der Waals surface area contributed by atoms with Crippen molar-refractivity contribution in [2.24, 2.45) is 0 Å². The first-order valence-electron chi connectivity index (χ1n) is 8.88. The van der Waals surface area contributed by atoms with Crippen LogP contribution < -0.4 is 4.90 Å². The Labute approximate surface area is 157 Å². The molecule has 134 valence electrons. The molecule has 2 aromatic heterocycles. The van der Waals surface area contributed by atoms with E-state index >= 15 is 0 Å². The van der Waals surface area contributed by atoms with Crippen LogP contribution in [-0.4, -0.2) is 46.5 Å².